The highest BCUT2D eigenvalue weighted by molar-refractivity contribution is 6.31. The molecule has 0 radical (unpaired) electrons. The lowest BCUT2D eigenvalue weighted by Gasteiger charge is -2.19. The number of aryl methyl sites for hydroxylation is 2. The molecule has 1 heterocycles. The highest BCUT2D eigenvalue weighted by atomic mass is 35.5. The van der Waals surface area contributed by atoms with Crippen LogP contribution >= 0.6 is 11.6 Å². The van der Waals surface area contributed by atoms with Gasteiger partial charge in [0, 0.05) is 29.4 Å². The summed E-state index contributed by atoms with van der Waals surface area (Å²) in [6.45, 7) is 7.17. The van der Waals surface area contributed by atoms with Crippen molar-refractivity contribution in [3.05, 3.63) is 63.9 Å². The molecule has 2 aromatic rings. The maximum atomic E-state index is 6.25. The minimum Gasteiger partial charge on any atom is -0.310 e. The number of hydrogen-bond acceptors (Lipinski definition) is 2. The predicted molar refractivity (Wildman–Crippen MR) is 85.3 cm³/mol. The van der Waals surface area contributed by atoms with E-state index in [0.29, 0.717) is 0 Å². The lowest BCUT2D eigenvalue weighted by atomic mass is 9.98. The summed E-state index contributed by atoms with van der Waals surface area (Å²) in [6.07, 6.45) is 2.73. The van der Waals surface area contributed by atoms with Gasteiger partial charge in [0.1, 0.15) is 0 Å². The van der Waals surface area contributed by atoms with Gasteiger partial charge in [0.25, 0.3) is 0 Å². The molecular weight excluding hydrogens is 268 g/mol. The zero-order chi connectivity index (χ0) is 14.5. The normalized spacial score (nSPS) is 12.4. The van der Waals surface area contributed by atoms with E-state index in [4.69, 9.17) is 11.6 Å². The second-order valence-electron chi connectivity index (χ2n) is 5.09. The van der Waals surface area contributed by atoms with Crippen molar-refractivity contribution in [1.29, 1.82) is 0 Å². The molecule has 0 aliphatic rings. The van der Waals surface area contributed by atoms with Gasteiger partial charge in [0.05, 0.1) is 0 Å². The SMILES string of the molecule is CCNC(Cc1ncccc1C)c1ccc(C)c(Cl)c1. The molecule has 2 rings (SSSR count). The van der Waals surface area contributed by atoms with Crippen molar-refractivity contribution in [2.75, 3.05) is 6.54 Å². The molecule has 1 unspecified atom stereocenters. The van der Waals surface area contributed by atoms with Crippen LogP contribution in [0.5, 0.6) is 0 Å². The lowest BCUT2D eigenvalue weighted by molar-refractivity contribution is 0.542. The van der Waals surface area contributed by atoms with Gasteiger partial charge in [0.15, 0.2) is 0 Å². The van der Waals surface area contributed by atoms with Crippen molar-refractivity contribution in [1.82, 2.24) is 10.3 Å². The second kappa shape index (κ2) is 6.87. The monoisotopic (exact) mass is 288 g/mol. The minimum absolute atomic E-state index is 0.242. The van der Waals surface area contributed by atoms with Gasteiger partial charge in [0.2, 0.25) is 0 Å². The van der Waals surface area contributed by atoms with Gasteiger partial charge >= 0.3 is 0 Å². The molecule has 0 bridgehead atoms. The van der Waals surface area contributed by atoms with Crippen LogP contribution in [-0.4, -0.2) is 11.5 Å². The molecule has 0 aliphatic carbocycles. The van der Waals surface area contributed by atoms with Gasteiger partial charge in [-0.15, -0.1) is 0 Å². The topological polar surface area (TPSA) is 24.9 Å². The van der Waals surface area contributed by atoms with E-state index in [1.54, 1.807) is 0 Å². The molecule has 20 heavy (non-hydrogen) atoms. The molecule has 2 nitrogen and oxygen atoms in total. The minimum atomic E-state index is 0.242. The van der Waals surface area contributed by atoms with E-state index in [-0.39, 0.29) is 6.04 Å². The number of rotatable bonds is 5. The molecule has 106 valence electrons. The molecule has 0 amide bonds. The Labute approximate surface area is 126 Å². The summed E-state index contributed by atoms with van der Waals surface area (Å²) in [4.78, 5) is 4.49. The van der Waals surface area contributed by atoms with Crippen molar-refractivity contribution >= 4 is 11.6 Å². The number of nitrogens with zero attached hydrogens (tertiary/aromatic N) is 1. The average molecular weight is 289 g/mol. The lowest BCUT2D eigenvalue weighted by Crippen LogP contribution is -2.23. The summed E-state index contributed by atoms with van der Waals surface area (Å²) in [5.41, 5.74) is 4.69. The number of likely N-dealkylation sites (N-methyl/N-ethyl adjacent to an activating group) is 1. The summed E-state index contributed by atoms with van der Waals surface area (Å²) in [5.74, 6) is 0. The Morgan fingerprint density at radius 3 is 2.65 bits per heavy atom. The molecule has 1 N–H and O–H groups in total. The highest BCUT2D eigenvalue weighted by Gasteiger charge is 2.14. The number of pyridine rings is 1. The molecule has 0 saturated heterocycles. The smallest absolute Gasteiger partial charge is 0.0451 e. The van der Waals surface area contributed by atoms with Crippen LogP contribution in [0.1, 0.15) is 35.3 Å². The van der Waals surface area contributed by atoms with Crippen LogP contribution in [0.2, 0.25) is 5.02 Å². The van der Waals surface area contributed by atoms with Crippen LogP contribution in [0.4, 0.5) is 0 Å². The van der Waals surface area contributed by atoms with E-state index in [1.165, 1.54) is 11.1 Å². The first kappa shape index (κ1) is 15.0. The molecule has 1 aromatic carbocycles. The largest absolute Gasteiger partial charge is 0.310 e. The van der Waals surface area contributed by atoms with Gasteiger partial charge in [-0.05, 0) is 49.2 Å². The Morgan fingerprint density at radius 2 is 2.00 bits per heavy atom. The van der Waals surface area contributed by atoms with Crippen molar-refractivity contribution in [2.45, 2.75) is 33.2 Å². The first-order chi connectivity index (χ1) is 9.61. The first-order valence-corrected chi connectivity index (χ1v) is 7.39. The Hall–Kier alpha value is -1.38. The maximum Gasteiger partial charge on any atom is 0.0451 e. The number of hydrogen-bond donors (Lipinski definition) is 1. The van der Waals surface area contributed by atoms with E-state index < -0.39 is 0 Å². The fourth-order valence-corrected chi connectivity index (χ4v) is 2.49. The Balaban J connectivity index is 2.27. The Morgan fingerprint density at radius 1 is 1.20 bits per heavy atom. The van der Waals surface area contributed by atoms with Gasteiger partial charge in [-0.3, -0.25) is 4.98 Å². The quantitative estimate of drug-likeness (QED) is 0.890. The Kier molecular flexibility index (Phi) is 5.16. The van der Waals surface area contributed by atoms with Gasteiger partial charge in [-0.1, -0.05) is 36.7 Å². The summed E-state index contributed by atoms with van der Waals surface area (Å²) >= 11 is 6.25. The molecule has 1 atom stereocenters. The zero-order valence-corrected chi connectivity index (χ0v) is 13.0. The average Bonchev–Trinajstić information content (AvgIpc) is 2.44. The van der Waals surface area contributed by atoms with Crippen LogP contribution in [0, 0.1) is 13.8 Å². The second-order valence-corrected chi connectivity index (χ2v) is 5.50. The van der Waals surface area contributed by atoms with Crippen molar-refractivity contribution < 1.29 is 0 Å². The van der Waals surface area contributed by atoms with Crippen LogP contribution in [0.25, 0.3) is 0 Å². The summed E-state index contributed by atoms with van der Waals surface area (Å²) in [7, 11) is 0. The van der Waals surface area contributed by atoms with E-state index in [0.717, 1.165) is 29.2 Å². The van der Waals surface area contributed by atoms with Crippen LogP contribution in [0.15, 0.2) is 36.5 Å². The third kappa shape index (κ3) is 3.59. The van der Waals surface area contributed by atoms with E-state index >= 15 is 0 Å². The predicted octanol–water partition coefficient (Wildman–Crippen LogP) is 4.25. The summed E-state index contributed by atoms with van der Waals surface area (Å²) in [5, 5.41) is 4.35. The van der Waals surface area contributed by atoms with Gasteiger partial charge < -0.3 is 5.32 Å². The summed E-state index contributed by atoms with van der Waals surface area (Å²) in [6, 6.07) is 10.6. The molecule has 0 saturated carbocycles. The fraction of sp³-hybridized carbons (Fsp3) is 0.353. The molecule has 0 spiro atoms. The van der Waals surface area contributed by atoms with Crippen molar-refractivity contribution in [3.8, 4) is 0 Å². The number of nitrogens with one attached hydrogen (secondary N) is 1. The standard InChI is InChI=1S/C17H21ClN2/c1-4-19-17(11-16-13(3)6-5-9-20-16)14-8-7-12(2)15(18)10-14/h5-10,17,19H,4,11H2,1-3H3. The van der Waals surface area contributed by atoms with E-state index in [2.05, 4.69) is 48.4 Å². The van der Waals surface area contributed by atoms with E-state index in [9.17, 15) is 0 Å². The van der Waals surface area contributed by atoms with Crippen molar-refractivity contribution in [3.63, 3.8) is 0 Å². The molecule has 0 aliphatic heterocycles. The first-order valence-electron chi connectivity index (χ1n) is 7.01. The molecule has 0 fully saturated rings. The van der Waals surface area contributed by atoms with Crippen LogP contribution < -0.4 is 5.32 Å². The number of aromatic nitrogens is 1. The molecular formula is C17H21ClN2. The molecule has 3 heteroatoms. The maximum absolute atomic E-state index is 6.25. The van der Waals surface area contributed by atoms with Crippen molar-refractivity contribution in [2.24, 2.45) is 0 Å². The Bertz CT molecular complexity index is 581. The number of benzene rings is 1. The third-order valence-corrected chi connectivity index (χ3v) is 3.97. The number of halogens is 1. The van der Waals surface area contributed by atoms with E-state index in [1.807, 2.05) is 19.2 Å². The highest BCUT2D eigenvalue weighted by Crippen LogP contribution is 2.24. The zero-order valence-electron chi connectivity index (χ0n) is 12.3. The van der Waals surface area contributed by atoms with Crippen LogP contribution in [-0.2, 0) is 6.42 Å². The summed E-state index contributed by atoms with van der Waals surface area (Å²) < 4.78 is 0. The van der Waals surface area contributed by atoms with Gasteiger partial charge in [-0.25, -0.2) is 0 Å². The van der Waals surface area contributed by atoms with Gasteiger partial charge in [-0.2, -0.15) is 0 Å². The fourth-order valence-electron chi connectivity index (χ4n) is 2.31. The third-order valence-electron chi connectivity index (χ3n) is 3.56. The molecule has 1 aromatic heterocycles. The van der Waals surface area contributed by atoms with Crippen LogP contribution in [0.3, 0.4) is 0 Å².